The summed E-state index contributed by atoms with van der Waals surface area (Å²) in [4.78, 5) is 41.0. The summed E-state index contributed by atoms with van der Waals surface area (Å²) in [7, 11) is 0. The Morgan fingerprint density at radius 3 is 1.89 bits per heavy atom. The van der Waals surface area contributed by atoms with E-state index in [-0.39, 0.29) is 50.9 Å². The van der Waals surface area contributed by atoms with Crippen LogP contribution in [0.25, 0.3) is 11.4 Å². The van der Waals surface area contributed by atoms with E-state index >= 15 is 0 Å². The van der Waals surface area contributed by atoms with Crippen molar-refractivity contribution in [1.82, 2.24) is 14.3 Å². The van der Waals surface area contributed by atoms with Gasteiger partial charge in [0.1, 0.15) is 0 Å². The molecule has 0 unspecified atom stereocenters. The first-order chi connectivity index (χ1) is 18.0. The number of hydrogen-bond acceptors (Lipinski definition) is 6. The van der Waals surface area contributed by atoms with E-state index in [2.05, 4.69) is 10.2 Å². The van der Waals surface area contributed by atoms with Gasteiger partial charge in [-0.1, -0.05) is 56.3 Å². The van der Waals surface area contributed by atoms with Gasteiger partial charge in [0.25, 0.3) is 11.8 Å². The van der Waals surface area contributed by atoms with Crippen molar-refractivity contribution in [3.8, 4) is 17.3 Å². The predicted molar refractivity (Wildman–Crippen MR) is 139 cm³/mol. The summed E-state index contributed by atoms with van der Waals surface area (Å²) in [6.07, 6.45) is 1.28. The minimum absolute atomic E-state index is 0. The minimum Gasteiger partial charge on any atom is -0.492 e. The van der Waals surface area contributed by atoms with Gasteiger partial charge in [-0.3, -0.25) is 19.3 Å². The molecule has 2 heterocycles. The monoisotopic (exact) mass is 553 g/mol. The summed E-state index contributed by atoms with van der Waals surface area (Å²) in [5, 5.41) is 19.4. The molecule has 5 rings (SSSR count). The fourth-order valence-electron chi connectivity index (χ4n) is 4.64. The average molecular weight is 554 g/mol. The first-order valence-corrected chi connectivity index (χ1v) is 12.1. The van der Waals surface area contributed by atoms with Crippen molar-refractivity contribution in [3.63, 3.8) is 0 Å². The second-order valence-electron chi connectivity index (χ2n) is 8.62. The molecule has 38 heavy (non-hydrogen) atoms. The summed E-state index contributed by atoms with van der Waals surface area (Å²) < 4.78 is 2.66. The number of amides is 2. The Hall–Kier alpha value is -4.30. The van der Waals surface area contributed by atoms with Crippen LogP contribution in [-0.4, -0.2) is 37.2 Å². The summed E-state index contributed by atoms with van der Waals surface area (Å²) in [5.74, 6) is -1.20. The molecule has 1 N–H and O–H groups in total. The molecule has 0 atom stereocenters. The largest absolute Gasteiger partial charge is 2.00 e. The normalized spacial score (nSPS) is 12.9. The number of rotatable bonds is 7. The van der Waals surface area contributed by atoms with Gasteiger partial charge in [-0.15, -0.1) is 10.2 Å². The van der Waals surface area contributed by atoms with Crippen LogP contribution in [0.3, 0.4) is 0 Å². The van der Waals surface area contributed by atoms with E-state index in [0.717, 1.165) is 0 Å². The molecule has 1 aromatic heterocycles. The topological polar surface area (TPSA) is 109 Å². The maximum Gasteiger partial charge on any atom is 2.00 e. The molecule has 0 aliphatic carbocycles. The summed E-state index contributed by atoms with van der Waals surface area (Å²) in [6, 6.07) is 22.3. The number of hydrogen-bond donors (Lipinski definition) is 1. The molecule has 1 aliphatic heterocycles. The third kappa shape index (κ3) is 4.37. The van der Waals surface area contributed by atoms with Crippen molar-refractivity contribution in [2.24, 2.45) is 10.2 Å². The van der Waals surface area contributed by atoms with Crippen LogP contribution >= 0.6 is 0 Å². The standard InChI is InChI=1S/C28H25N5O4.Ni/c1-3-18(4-2)31-25(34)21-16-11-17-22(23(21)26(31)35)29-30-24-27(36)32(19-12-7-5-8-13-19)33(28(24)37)20-14-9-6-10-15-20;/h5-18,36H,3-4H2,1-2H3;/q;+2. The molecular weight excluding hydrogens is 529 g/mol. The number of nitrogens with zero attached hydrogens (tertiary/aromatic N) is 5. The Labute approximate surface area is 229 Å². The molecule has 4 aromatic rings. The molecule has 0 fully saturated rings. The molecule has 3 aromatic carbocycles. The maximum atomic E-state index is 13.5. The first kappa shape index (κ1) is 26.8. The average Bonchev–Trinajstić information content (AvgIpc) is 3.34. The van der Waals surface area contributed by atoms with Gasteiger partial charge in [0, 0.05) is 6.04 Å². The van der Waals surface area contributed by atoms with Crippen LogP contribution in [0, 0.1) is 0 Å². The SMILES string of the molecule is CCC(CC)N1C(=O)c2cccc(N=Nc3c(O)n(-c4ccccc4)n(-c4ccccc4)c3=O)c2C1=O.[Ni+2]. The van der Waals surface area contributed by atoms with Crippen molar-refractivity contribution < 1.29 is 31.2 Å². The van der Waals surface area contributed by atoms with Crippen molar-refractivity contribution in [2.75, 3.05) is 0 Å². The van der Waals surface area contributed by atoms with Gasteiger partial charge in [0.2, 0.25) is 11.6 Å². The van der Waals surface area contributed by atoms with Gasteiger partial charge < -0.3 is 5.11 Å². The molecule has 0 saturated carbocycles. The van der Waals surface area contributed by atoms with Gasteiger partial charge in [-0.2, -0.15) is 0 Å². The zero-order valence-electron chi connectivity index (χ0n) is 20.7. The Bertz CT molecular complexity index is 1570. The van der Waals surface area contributed by atoms with E-state index in [1.807, 2.05) is 26.0 Å². The molecule has 0 spiro atoms. The number of carbonyl (C=O) groups excluding carboxylic acids is 2. The molecular formula is C28H25N5NiO4+2. The van der Waals surface area contributed by atoms with E-state index in [1.165, 1.54) is 14.3 Å². The van der Waals surface area contributed by atoms with Crippen molar-refractivity contribution in [2.45, 2.75) is 32.7 Å². The zero-order valence-corrected chi connectivity index (χ0v) is 21.7. The van der Waals surface area contributed by atoms with Gasteiger partial charge >= 0.3 is 22.1 Å². The van der Waals surface area contributed by atoms with Crippen LogP contribution < -0.4 is 5.56 Å². The zero-order chi connectivity index (χ0) is 26.1. The third-order valence-electron chi connectivity index (χ3n) is 6.50. The molecule has 0 bridgehead atoms. The van der Waals surface area contributed by atoms with Gasteiger partial charge in [-0.25, -0.2) is 9.36 Å². The number of imide groups is 1. The number of para-hydroxylation sites is 2. The summed E-state index contributed by atoms with van der Waals surface area (Å²) in [6.45, 7) is 3.85. The number of benzene rings is 3. The predicted octanol–water partition coefficient (Wildman–Crippen LogP) is 5.53. The summed E-state index contributed by atoms with van der Waals surface area (Å²) in [5.41, 5.74) is 0.736. The van der Waals surface area contributed by atoms with E-state index in [4.69, 9.17) is 0 Å². The Kier molecular flexibility index (Phi) is 7.73. The summed E-state index contributed by atoms with van der Waals surface area (Å²) >= 11 is 0. The Balaban J connectivity index is 0.00000336. The van der Waals surface area contributed by atoms with Crippen LogP contribution in [0.4, 0.5) is 11.4 Å². The van der Waals surface area contributed by atoms with Crippen molar-refractivity contribution in [1.29, 1.82) is 0 Å². The third-order valence-corrected chi connectivity index (χ3v) is 6.50. The van der Waals surface area contributed by atoms with Crippen molar-refractivity contribution in [3.05, 3.63) is 100 Å². The van der Waals surface area contributed by atoms with Crippen LogP contribution in [0.1, 0.15) is 47.4 Å². The first-order valence-electron chi connectivity index (χ1n) is 12.1. The maximum absolute atomic E-state index is 13.5. The second kappa shape index (κ2) is 11.0. The molecule has 2 amide bonds. The smallest absolute Gasteiger partial charge is 0.492 e. The molecule has 0 saturated heterocycles. The van der Waals surface area contributed by atoms with E-state index in [9.17, 15) is 19.5 Å². The van der Waals surface area contributed by atoms with E-state index in [1.54, 1.807) is 66.7 Å². The van der Waals surface area contributed by atoms with Crippen LogP contribution in [-0.2, 0) is 16.5 Å². The number of carbonyl (C=O) groups is 2. The molecule has 9 nitrogen and oxygen atoms in total. The van der Waals surface area contributed by atoms with E-state index in [0.29, 0.717) is 24.2 Å². The van der Waals surface area contributed by atoms with Crippen LogP contribution in [0.2, 0.25) is 0 Å². The van der Waals surface area contributed by atoms with Gasteiger partial charge in [0.05, 0.1) is 28.2 Å². The molecule has 10 heteroatoms. The number of fused-ring (bicyclic) bond motifs is 1. The van der Waals surface area contributed by atoms with Crippen molar-refractivity contribution >= 4 is 23.2 Å². The molecule has 0 radical (unpaired) electrons. The second-order valence-corrected chi connectivity index (χ2v) is 8.62. The molecule has 194 valence electrons. The number of aromatic nitrogens is 2. The van der Waals surface area contributed by atoms with Gasteiger partial charge in [-0.05, 0) is 49.2 Å². The Morgan fingerprint density at radius 2 is 1.32 bits per heavy atom. The van der Waals surface area contributed by atoms with Crippen LogP contribution in [0.15, 0.2) is 93.9 Å². The Morgan fingerprint density at radius 1 is 0.737 bits per heavy atom. The van der Waals surface area contributed by atoms with Crippen LogP contribution in [0.5, 0.6) is 5.88 Å². The van der Waals surface area contributed by atoms with Gasteiger partial charge in [0.15, 0.2) is 0 Å². The molecule has 1 aliphatic rings. The quantitative estimate of drug-likeness (QED) is 0.184. The fourth-order valence-corrected chi connectivity index (χ4v) is 4.64. The fraction of sp³-hybridized carbons (Fsp3) is 0.179. The van der Waals surface area contributed by atoms with E-state index < -0.39 is 17.3 Å². The number of azo groups is 1. The minimum atomic E-state index is -0.593. The number of aromatic hydroxyl groups is 1.